The molecule has 2 aromatic heterocycles. The van der Waals surface area contributed by atoms with E-state index >= 15 is 0 Å². The predicted molar refractivity (Wildman–Crippen MR) is 122 cm³/mol. The molecule has 9 nitrogen and oxygen atoms in total. The van der Waals surface area contributed by atoms with Crippen LogP contribution >= 0.6 is 0 Å². The first kappa shape index (κ1) is 22.5. The first-order chi connectivity index (χ1) is 16.1. The Balaban J connectivity index is 1.32. The van der Waals surface area contributed by atoms with E-state index in [1.54, 1.807) is 25.5 Å². The third-order valence-electron chi connectivity index (χ3n) is 5.73. The van der Waals surface area contributed by atoms with Crippen molar-refractivity contribution in [3.63, 3.8) is 0 Å². The minimum atomic E-state index is -0.700. The highest BCUT2D eigenvalue weighted by Gasteiger charge is 2.28. The molecule has 1 fully saturated rings. The van der Waals surface area contributed by atoms with Crippen LogP contribution in [0.3, 0.4) is 0 Å². The Morgan fingerprint density at radius 2 is 1.64 bits per heavy atom. The van der Waals surface area contributed by atoms with Gasteiger partial charge in [0, 0.05) is 38.4 Å². The van der Waals surface area contributed by atoms with Gasteiger partial charge in [-0.15, -0.1) is 0 Å². The van der Waals surface area contributed by atoms with Crippen LogP contribution in [-0.4, -0.2) is 56.5 Å². The maximum absolute atomic E-state index is 12.3. The summed E-state index contributed by atoms with van der Waals surface area (Å²) in [7, 11) is 1.66. The summed E-state index contributed by atoms with van der Waals surface area (Å²) in [4.78, 5) is 29.0. The number of hydrogen-bond acceptors (Lipinski definition) is 7. The molecule has 1 aliphatic heterocycles. The lowest BCUT2D eigenvalue weighted by Gasteiger charge is -2.39. The van der Waals surface area contributed by atoms with Crippen molar-refractivity contribution in [3.05, 3.63) is 72.6 Å². The van der Waals surface area contributed by atoms with Gasteiger partial charge in [-0.25, -0.2) is 0 Å². The normalized spacial score (nSPS) is 15.1. The van der Waals surface area contributed by atoms with Crippen molar-refractivity contribution in [2.75, 3.05) is 44.7 Å². The van der Waals surface area contributed by atoms with Crippen LogP contribution in [0.15, 0.2) is 69.9 Å². The van der Waals surface area contributed by atoms with E-state index in [1.807, 2.05) is 24.3 Å². The van der Waals surface area contributed by atoms with Crippen molar-refractivity contribution in [3.8, 4) is 5.75 Å². The molecule has 1 atom stereocenters. The quantitative estimate of drug-likeness (QED) is 0.505. The Morgan fingerprint density at radius 3 is 2.27 bits per heavy atom. The SMILES string of the molecule is COc1ccc(N2CCN([C@H](CNC(=O)C(=O)NCc3ccco3)c3ccco3)CC2)cc1. The molecule has 9 heteroatoms. The topological polar surface area (TPSA) is 100 Å². The number of carbonyl (C=O) groups excluding carboxylic acids is 2. The van der Waals surface area contributed by atoms with Gasteiger partial charge in [0.15, 0.2) is 0 Å². The van der Waals surface area contributed by atoms with E-state index in [4.69, 9.17) is 13.6 Å². The maximum Gasteiger partial charge on any atom is 0.309 e. The summed E-state index contributed by atoms with van der Waals surface area (Å²) in [6.45, 7) is 3.68. The summed E-state index contributed by atoms with van der Waals surface area (Å²) in [5.41, 5.74) is 1.14. The predicted octanol–water partition coefficient (Wildman–Crippen LogP) is 2.18. The van der Waals surface area contributed by atoms with E-state index < -0.39 is 11.8 Å². The first-order valence-corrected chi connectivity index (χ1v) is 10.9. The molecule has 4 rings (SSSR count). The van der Waals surface area contributed by atoms with Crippen LogP contribution in [0.4, 0.5) is 5.69 Å². The lowest BCUT2D eigenvalue weighted by Crippen LogP contribution is -2.50. The third-order valence-corrected chi connectivity index (χ3v) is 5.73. The number of anilines is 1. The van der Waals surface area contributed by atoms with Gasteiger partial charge in [0.2, 0.25) is 0 Å². The summed E-state index contributed by atoms with van der Waals surface area (Å²) < 4.78 is 16.0. The second-order valence-corrected chi connectivity index (χ2v) is 7.72. The van der Waals surface area contributed by atoms with Crippen molar-refractivity contribution >= 4 is 17.5 Å². The molecule has 33 heavy (non-hydrogen) atoms. The van der Waals surface area contributed by atoms with Gasteiger partial charge in [-0.2, -0.15) is 0 Å². The zero-order valence-corrected chi connectivity index (χ0v) is 18.5. The van der Waals surface area contributed by atoms with Gasteiger partial charge in [-0.1, -0.05) is 0 Å². The standard InChI is InChI=1S/C24H28N4O5/c1-31-19-8-6-18(7-9-19)27-10-12-28(13-11-27)21(22-5-3-15-33-22)17-26-24(30)23(29)25-16-20-4-2-14-32-20/h2-9,14-15,21H,10-13,16-17H2,1H3,(H,25,29)(H,26,30)/t21-/m1/s1. The second kappa shape index (κ2) is 10.7. The van der Waals surface area contributed by atoms with E-state index in [0.29, 0.717) is 5.76 Å². The molecule has 1 aromatic carbocycles. The number of nitrogens with one attached hydrogen (secondary N) is 2. The van der Waals surface area contributed by atoms with E-state index in [-0.39, 0.29) is 19.1 Å². The Kier molecular flexibility index (Phi) is 7.31. The molecule has 1 saturated heterocycles. The minimum absolute atomic E-state index is 0.161. The van der Waals surface area contributed by atoms with Crippen LogP contribution in [0, 0.1) is 0 Å². The van der Waals surface area contributed by atoms with E-state index in [9.17, 15) is 9.59 Å². The van der Waals surface area contributed by atoms with Crippen molar-refractivity contribution < 1.29 is 23.2 Å². The summed E-state index contributed by atoms with van der Waals surface area (Å²) in [5.74, 6) is 0.784. The number of hydrogen-bond donors (Lipinski definition) is 2. The molecule has 2 N–H and O–H groups in total. The maximum atomic E-state index is 12.3. The largest absolute Gasteiger partial charge is 0.497 e. The van der Waals surface area contributed by atoms with Crippen LogP contribution in [0.2, 0.25) is 0 Å². The fourth-order valence-electron chi connectivity index (χ4n) is 3.91. The summed E-state index contributed by atoms with van der Waals surface area (Å²) in [6.07, 6.45) is 3.14. The molecule has 1 aliphatic rings. The molecule has 0 aliphatic carbocycles. The number of rotatable bonds is 8. The fraction of sp³-hybridized carbons (Fsp3) is 0.333. The van der Waals surface area contributed by atoms with Crippen LogP contribution in [-0.2, 0) is 16.1 Å². The molecule has 0 saturated carbocycles. The smallest absolute Gasteiger partial charge is 0.309 e. The average molecular weight is 453 g/mol. The molecule has 0 radical (unpaired) electrons. The first-order valence-electron chi connectivity index (χ1n) is 10.9. The van der Waals surface area contributed by atoms with Crippen molar-refractivity contribution in [1.82, 2.24) is 15.5 Å². The van der Waals surface area contributed by atoms with Crippen LogP contribution in [0.5, 0.6) is 5.75 Å². The number of piperazine rings is 1. The van der Waals surface area contributed by atoms with Crippen molar-refractivity contribution in [1.29, 1.82) is 0 Å². The Bertz CT molecular complexity index is 1010. The number of ether oxygens (including phenoxy) is 1. The third kappa shape index (κ3) is 5.75. The summed E-state index contributed by atoms with van der Waals surface area (Å²) in [6, 6.07) is 15.0. The number of nitrogens with zero attached hydrogens (tertiary/aromatic N) is 2. The van der Waals surface area contributed by atoms with E-state index in [2.05, 4.69) is 32.6 Å². The van der Waals surface area contributed by atoms with E-state index in [1.165, 1.54) is 6.26 Å². The summed E-state index contributed by atoms with van der Waals surface area (Å²) in [5, 5.41) is 5.30. The molecular weight excluding hydrogens is 424 g/mol. The number of amides is 2. The number of benzene rings is 1. The average Bonchev–Trinajstić information content (AvgIpc) is 3.58. The van der Waals surface area contributed by atoms with Crippen LogP contribution in [0.25, 0.3) is 0 Å². The van der Waals surface area contributed by atoms with Gasteiger partial charge >= 0.3 is 11.8 Å². The van der Waals surface area contributed by atoms with Gasteiger partial charge in [0.25, 0.3) is 0 Å². The van der Waals surface area contributed by atoms with Crippen molar-refractivity contribution in [2.45, 2.75) is 12.6 Å². The van der Waals surface area contributed by atoms with E-state index in [0.717, 1.165) is 43.4 Å². The van der Waals surface area contributed by atoms with Gasteiger partial charge in [0.1, 0.15) is 17.3 Å². The van der Waals surface area contributed by atoms with Gasteiger partial charge < -0.3 is 29.1 Å². The lowest BCUT2D eigenvalue weighted by molar-refractivity contribution is -0.139. The minimum Gasteiger partial charge on any atom is -0.497 e. The van der Waals surface area contributed by atoms with Gasteiger partial charge in [0.05, 0.1) is 32.2 Å². The highest BCUT2D eigenvalue weighted by atomic mass is 16.5. The van der Waals surface area contributed by atoms with Gasteiger partial charge in [-0.3, -0.25) is 14.5 Å². The molecule has 3 aromatic rings. The van der Waals surface area contributed by atoms with Crippen LogP contribution < -0.4 is 20.3 Å². The molecule has 174 valence electrons. The molecular formula is C24H28N4O5. The zero-order valence-electron chi connectivity index (χ0n) is 18.5. The fourth-order valence-corrected chi connectivity index (χ4v) is 3.91. The summed E-state index contributed by atoms with van der Waals surface area (Å²) >= 11 is 0. The van der Waals surface area contributed by atoms with Crippen LogP contribution in [0.1, 0.15) is 17.6 Å². The monoisotopic (exact) mass is 452 g/mol. The Hall–Kier alpha value is -3.72. The highest BCUT2D eigenvalue weighted by Crippen LogP contribution is 2.25. The number of carbonyl (C=O) groups is 2. The zero-order chi connectivity index (χ0) is 23.0. The number of methoxy groups -OCH3 is 1. The Labute approximate surface area is 192 Å². The van der Waals surface area contributed by atoms with Crippen molar-refractivity contribution in [2.24, 2.45) is 0 Å². The molecule has 3 heterocycles. The molecule has 0 bridgehead atoms. The Morgan fingerprint density at radius 1 is 0.939 bits per heavy atom. The number of furan rings is 2. The highest BCUT2D eigenvalue weighted by molar-refractivity contribution is 6.35. The van der Waals surface area contributed by atoms with Gasteiger partial charge in [-0.05, 0) is 48.5 Å². The lowest BCUT2D eigenvalue weighted by atomic mass is 10.1. The molecule has 0 spiro atoms. The second-order valence-electron chi connectivity index (χ2n) is 7.72. The molecule has 0 unspecified atom stereocenters. The molecule has 2 amide bonds.